The molecule has 1 N–H and O–H groups in total. The predicted molar refractivity (Wildman–Crippen MR) is 54.9 cm³/mol. The van der Waals surface area contributed by atoms with Crippen LogP contribution in [0.4, 0.5) is 0 Å². The van der Waals surface area contributed by atoms with E-state index in [2.05, 4.69) is 26.1 Å². The standard InChI is InChI=1S/C9H11BrN2O2/c10-8-6-5-7(11-12-8)3-1-2-4-9(13)14/h5-6H,1-4H2,(H,13,14). The smallest absolute Gasteiger partial charge is 0.303 e. The molecular weight excluding hydrogens is 248 g/mol. The summed E-state index contributed by atoms with van der Waals surface area (Å²) in [6.45, 7) is 0. The highest BCUT2D eigenvalue weighted by atomic mass is 79.9. The molecule has 0 bridgehead atoms. The Morgan fingerprint density at radius 1 is 1.36 bits per heavy atom. The van der Waals surface area contributed by atoms with E-state index in [1.54, 1.807) is 0 Å². The zero-order valence-electron chi connectivity index (χ0n) is 7.61. The normalized spacial score (nSPS) is 10.1. The van der Waals surface area contributed by atoms with Gasteiger partial charge in [-0.3, -0.25) is 4.79 Å². The fourth-order valence-electron chi connectivity index (χ4n) is 1.06. The van der Waals surface area contributed by atoms with E-state index >= 15 is 0 Å². The molecule has 1 aromatic rings. The lowest BCUT2D eigenvalue weighted by Crippen LogP contribution is -1.96. The molecule has 1 rings (SSSR count). The molecule has 0 radical (unpaired) electrons. The van der Waals surface area contributed by atoms with Gasteiger partial charge in [-0.15, -0.1) is 5.10 Å². The maximum absolute atomic E-state index is 10.2. The molecule has 5 heteroatoms. The molecule has 0 aliphatic heterocycles. The number of carboxylic acid groups (broad SMARTS) is 1. The minimum Gasteiger partial charge on any atom is -0.481 e. The van der Waals surface area contributed by atoms with Gasteiger partial charge in [0.2, 0.25) is 0 Å². The van der Waals surface area contributed by atoms with Crippen LogP contribution in [0.15, 0.2) is 16.7 Å². The lowest BCUT2D eigenvalue weighted by molar-refractivity contribution is -0.137. The molecular formula is C9H11BrN2O2. The van der Waals surface area contributed by atoms with E-state index in [1.165, 1.54) is 0 Å². The average Bonchev–Trinajstić information content (AvgIpc) is 2.15. The fraction of sp³-hybridized carbons (Fsp3) is 0.444. The SMILES string of the molecule is O=C(O)CCCCc1ccc(Br)nn1. The van der Waals surface area contributed by atoms with Gasteiger partial charge in [-0.2, -0.15) is 5.10 Å². The first-order chi connectivity index (χ1) is 6.68. The number of hydrogen-bond donors (Lipinski definition) is 1. The highest BCUT2D eigenvalue weighted by Gasteiger charge is 1.99. The Kier molecular flexibility index (Phi) is 4.52. The highest BCUT2D eigenvalue weighted by Crippen LogP contribution is 2.07. The van der Waals surface area contributed by atoms with Crippen LogP contribution >= 0.6 is 15.9 Å². The van der Waals surface area contributed by atoms with E-state index in [4.69, 9.17) is 5.11 Å². The summed E-state index contributed by atoms with van der Waals surface area (Å²) in [5, 5.41) is 16.2. The minimum atomic E-state index is -0.744. The Hall–Kier alpha value is -0.970. The van der Waals surface area contributed by atoms with Crippen molar-refractivity contribution in [1.82, 2.24) is 10.2 Å². The first kappa shape index (κ1) is 11.1. The Morgan fingerprint density at radius 3 is 2.71 bits per heavy atom. The number of hydrogen-bond acceptors (Lipinski definition) is 3. The lowest BCUT2D eigenvalue weighted by Gasteiger charge is -1.98. The third kappa shape index (κ3) is 4.32. The fourth-order valence-corrected chi connectivity index (χ4v) is 1.27. The van der Waals surface area contributed by atoms with Gasteiger partial charge in [0.25, 0.3) is 0 Å². The summed E-state index contributed by atoms with van der Waals surface area (Å²) < 4.78 is 0.715. The van der Waals surface area contributed by atoms with Crippen LogP contribution in [-0.2, 0) is 11.2 Å². The van der Waals surface area contributed by atoms with Crippen LogP contribution in [0.25, 0.3) is 0 Å². The summed E-state index contributed by atoms with van der Waals surface area (Å²) in [6.07, 6.45) is 2.53. The second kappa shape index (κ2) is 5.70. The number of aryl methyl sites for hydroxylation is 1. The number of rotatable bonds is 5. The van der Waals surface area contributed by atoms with Crippen molar-refractivity contribution in [3.05, 3.63) is 22.4 Å². The molecule has 0 atom stereocenters. The maximum atomic E-state index is 10.2. The van der Waals surface area contributed by atoms with E-state index in [0.29, 0.717) is 11.0 Å². The van der Waals surface area contributed by atoms with Crippen LogP contribution < -0.4 is 0 Å². The van der Waals surface area contributed by atoms with Crippen LogP contribution in [0, 0.1) is 0 Å². The number of aliphatic carboxylic acids is 1. The summed E-state index contributed by atoms with van der Waals surface area (Å²) in [5.74, 6) is -0.744. The van der Waals surface area contributed by atoms with Crippen LogP contribution in [0.1, 0.15) is 25.0 Å². The number of carboxylic acids is 1. The summed E-state index contributed by atoms with van der Waals surface area (Å²) in [5.41, 5.74) is 0.901. The zero-order valence-corrected chi connectivity index (χ0v) is 9.20. The first-order valence-electron chi connectivity index (χ1n) is 4.38. The number of halogens is 1. The molecule has 0 unspecified atom stereocenters. The topological polar surface area (TPSA) is 63.1 Å². The minimum absolute atomic E-state index is 0.226. The van der Waals surface area contributed by atoms with Crippen molar-refractivity contribution in [3.8, 4) is 0 Å². The molecule has 0 amide bonds. The highest BCUT2D eigenvalue weighted by molar-refractivity contribution is 9.10. The van der Waals surface area contributed by atoms with Gasteiger partial charge in [0.1, 0.15) is 4.60 Å². The van der Waals surface area contributed by atoms with Crippen molar-refractivity contribution in [1.29, 1.82) is 0 Å². The average molecular weight is 259 g/mol. The Labute approximate surface area is 90.5 Å². The molecule has 0 saturated carbocycles. The van der Waals surface area contributed by atoms with E-state index in [1.807, 2.05) is 12.1 Å². The Balaban J connectivity index is 2.25. The van der Waals surface area contributed by atoms with Crippen LogP contribution in [0.5, 0.6) is 0 Å². The third-order valence-corrected chi connectivity index (χ3v) is 2.18. The lowest BCUT2D eigenvalue weighted by atomic mass is 10.1. The molecule has 1 heterocycles. The predicted octanol–water partition coefficient (Wildman–Crippen LogP) is 2.04. The number of aromatic nitrogens is 2. The largest absolute Gasteiger partial charge is 0.481 e. The third-order valence-electron chi connectivity index (χ3n) is 1.76. The van der Waals surface area contributed by atoms with Crippen molar-refractivity contribution in [2.24, 2.45) is 0 Å². The Bertz CT molecular complexity index is 300. The number of carbonyl (C=O) groups is 1. The zero-order chi connectivity index (χ0) is 10.4. The molecule has 1 aromatic heterocycles. The quantitative estimate of drug-likeness (QED) is 0.822. The Morgan fingerprint density at radius 2 is 2.14 bits per heavy atom. The second-order valence-corrected chi connectivity index (χ2v) is 3.76. The van der Waals surface area contributed by atoms with Gasteiger partial charge in [-0.1, -0.05) is 0 Å². The molecule has 4 nitrogen and oxygen atoms in total. The molecule has 0 aliphatic carbocycles. The molecule has 14 heavy (non-hydrogen) atoms. The summed E-state index contributed by atoms with van der Waals surface area (Å²) in [6, 6.07) is 3.72. The van der Waals surface area contributed by atoms with E-state index in [0.717, 1.165) is 18.5 Å². The summed E-state index contributed by atoms with van der Waals surface area (Å²) in [4.78, 5) is 10.2. The van der Waals surface area contributed by atoms with Crippen molar-refractivity contribution >= 4 is 21.9 Å². The second-order valence-electron chi connectivity index (χ2n) is 2.95. The van der Waals surface area contributed by atoms with Gasteiger partial charge in [0, 0.05) is 6.42 Å². The van der Waals surface area contributed by atoms with E-state index in [-0.39, 0.29) is 6.42 Å². The molecule has 0 aromatic carbocycles. The molecule has 0 saturated heterocycles. The van der Waals surface area contributed by atoms with Gasteiger partial charge in [-0.05, 0) is 47.3 Å². The summed E-state index contributed by atoms with van der Waals surface area (Å²) >= 11 is 3.20. The van der Waals surface area contributed by atoms with Gasteiger partial charge in [0.05, 0.1) is 5.69 Å². The van der Waals surface area contributed by atoms with Crippen molar-refractivity contribution in [3.63, 3.8) is 0 Å². The maximum Gasteiger partial charge on any atom is 0.303 e. The van der Waals surface area contributed by atoms with Gasteiger partial charge in [-0.25, -0.2) is 0 Å². The van der Waals surface area contributed by atoms with Crippen molar-refractivity contribution in [2.75, 3.05) is 0 Å². The van der Waals surface area contributed by atoms with Crippen molar-refractivity contribution < 1.29 is 9.90 Å². The molecule has 0 aliphatic rings. The molecule has 0 spiro atoms. The van der Waals surface area contributed by atoms with E-state index < -0.39 is 5.97 Å². The van der Waals surface area contributed by atoms with Crippen LogP contribution in [0.3, 0.4) is 0 Å². The number of nitrogens with zero attached hydrogens (tertiary/aromatic N) is 2. The van der Waals surface area contributed by atoms with Crippen LogP contribution in [0.2, 0.25) is 0 Å². The van der Waals surface area contributed by atoms with Crippen molar-refractivity contribution in [2.45, 2.75) is 25.7 Å². The van der Waals surface area contributed by atoms with Gasteiger partial charge >= 0.3 is 5.97 Å². The summed E-state index contributed by atoms with van der Waals surface area (Å²) in [7, 11) is 0. The van der Waals surface area contributed by atoms with E-state index in [9.17, 15) is 4.79 Å². The van der Waals surface area contributed by atoms with Crippen LogP contribution in [-0.4, -0.2) is 21.3 Å². The van der Waals surface area contributed by atoms with Gasteiger partial charge < -0.3 is 5.11 Å². The monoisotopic (exact) mass is 258 g/mol. The molecule has 0 fully saturated rings. The first-order valence-corrected chi connectivity index (χ1v) is 5.17. The van der Waals surface area contributed by atoms with Gasteiger partial charge in [0.15, 0.2) is 0 Å². The molecule has 76 valence electrons. The number of unbranched alkanes of at least 4 members (excludes halogenated alkanes) is 1.